The number of likely N-dealkylation sites (N-methyl/N-ethyl adjacent to an activating group) is 1. The zero-order valence-electron chi connectivity index (χ0n) is 10.3. The van der Waals surface area contributed by atoms with Gasteiger partial charge in [0, 0.05) is 13.1 Å². The third kappa shape index (κ3) is 5.44. The fourth-order valence-electron chi connectivity index (χ4n) is 1.63. The maximum Gasteiger partial charge on any atom is 0.237 e. The van der Waals surface area contributed by atoms with Gasteiger partial charge in [-0.25, -0.2) is 0 Å². The fraction of sp³-hybridized carbons (Fsp3) is 0.909. The van der Waals surface area contributed by atoms with Crippen molar-refractivity contribution in [2.45, 2.75) is 18.9 Å². The smallest absolute Gasteiger partial charge is 0.237 e. The van der Waals surface area contributed by atoms with E-state index < -0.39 is 0 Å². The number of rotatable bonds is 7. The summed E-state index contributed by atoms with van der Waals surface area (Å²) in [4.78, 5) is 13.6. The van der Waals surface area contributed by atoms with E-state index in [0.717, 1.165) is 25.9 Å². The summed E-state index contributed by atoms with van der Waals surface area (Å²) >= 11 is 0. The van der Waals surface area contributed by atoms with Crippen LogP contribution >= 0.6 is 0 Å². The molecule has 0 unspecified atom stereocenters. The minimum Gasteiger partial charge on any atom is -0.378 e. The monoisotopic (exact) mass is 229 g/mol. The molecule has 5 nitrogen and oxygen atoms in total. The predicted octanol–water partition coefficient (Wildman–Crippen LogP) is -0.567. The van der Waals surface area contributed by atoms with Crippen molar-refractivity contribution in [3.8, 4) is 0 Å². The van der Waals surface area contributed by atoms with E-state index in [0.29, 0.717) is 19.8 Å². The summed E-state index contributed by atoms with van der Waals surface area (Å²) in [6, 6.07) is 0.0155. The second kappa shape index (κ2) is 7.60. The molecule has 0 bridgehead atoms. The molecule has 0 spiro atoms. The van der Waals surface area contributed by atoms with Crippen LogP contribution in [0.25, 0.3) is 0 Å². The van der Waals surface area contributed by atoms with E-state index in [4.69, 9.17) is 4.74 Å². The van der Waals surface area contributed by atoms with Crippen LogP contribution in [0.3, 0.4) is 0 Å². The number of nitrogens with one attached hydrogen (secondary N) is 2. The molecule has 2 N–H and O–H groups in total. The number of nitrogens with zero attached hydrogens (tertiary/aromatic N) is 1. The summed E-state index contributed by atoms with van der Waals surface area (Å²) in [5.74, 6) is 0.105. The summed E-state index contributed by atoms with van der Waals surface area (Å²) < 4.78 is 5.38. The van der Waals surface area contributed by atoms with Gasteiger partial charge < -0.3 is 20.3 Å². The molecular weight excluding hydrogens is 206 g/mol. The molecule has 1 aliphatic rings. The lowest BCUT2D eigenvalue weighted by atomic mass is 10.2. The summed E-state index contributed by atoms with van der Waals surface area (Å²) in [6.45, 7) is 3.77. The van der Waals surface area contributed by atoms with E-state index in [1.165, 1.54) is 0 Å². The lowest BCUT2D eigenvalue weighted by Crippen LogP contribution is -2.41. The molecule has 16 heavy (non-hydrogen) atoms. The van der Waals surface area contributed by atoms with Gasteiger partial charge in [0.1, 0.15) is 0 Å². The predicted molar refractivity (Wildman–Crippen MR) is 63.4 cm³/mol. The van der Waals surface area contributed by atoms with Crippen molar-refractivity contribution >= 4 is 5.91 Å². The van der Waals surface area contributed by atoms with Gasteiger partial charge in [-0.05, 0) is 33.5 Å². The standard InChI is InChI=1S/C11H23N3O2/c1-14(2)7-9-16-8-6-13-11(15)10-4-3-5-12-10/h10,12H,3-9H2,1-2H3,(H,13,15)/t10-/m1/s1. The van der Waals surface area contributed by atoms with Crippen LogP contribution in [-0.4, -0.2) is 63.8 Å². The number of carbonyl (C=O) groups is 1. The third-order valence-corrected chi connectivity index (χ3v) is 2.61. The van der Waals surface area contributed by atoms with Crippen molar-refractivity contribution in [1.82, 2.24) is 15.5 Å². The van der Waals surface area contributed by atoms with E-state index >= 15 is 0 Å². The first kappa shape index (κ1) is 13.4. The average molecular weight is 229 g/mol. The highest BCUT2D eigenvalue weighted by Crippen LogP contribution is 2.03. The highest BCUT2D eigenvalue weighted by molar-refractivity contribution is 5.81. The van der Waals surface area contributed by atoms with Gasteiger partial charge in [-0.3, -0.25) is 4.79 Å². The Morgan fingerprint density at radius 2 is 2.31 bits per heavy atom. The van der Waals surface area contributed by atoms with Crippen molar-refractivity contribution in [3.63, 3.8) is 0 Å². The molecule has 94 valence electrons. The zero-order chi connectivity index (χ0) is 11.8. The van der Waals surface area contributed by atoms with Gasteiger partial charge in [0.05, 0.1) is 19.3 Å². The molecule has 1 rings (SSSR count). The number of hydrogen-bond donors (Lipinski definition) is 2. The van der Waals surface area contributed by atoms with Crippen molar-refractivity contribution in [2.24, 2.45) is 0 Å². The Morgan fingerprint density at radius 1 is 1.50 bits per heavy atom. The van der Waals surface area contributed by atoms with Crippen LogP contribution in [0.4, 0.5) is 0 Å². The van der Waals surface area contributed by atoms with Crippen LogP contribution in [0.5, 0.6) is 0 Å². The summed E-state index contributed by atoms with van der Waals surface area (Å²) in [6.07, 6.45) is 2.05. The second-order valence-electron chi connectivity index (χ2n) is 4.36. The van der Waals surface area contributed by atoms with Crippen LogP contribution in [-0.2, 0) is 9.53 Å². The van der Waals surface area contributed by atoms with Gasteiger partial charge in [-0.2, -0.15) is 0 Å². The van der Waals surface area contributed by atoms with Crippen molar-refractivity contribution in [1.29, 1.82) is 0 Å². The molecule has 0 aromatic rings. The molecule has 0 radical (unpaired) electrons. The van der Waals surface area contributed by atoms with Gasteiger partial charge in [0.15, 0.2) is 0 Å². The lowest BCUT2D eigenvalue weighted by molar-refractivity contribution is -0.123. The highest BCUT2D eigenvalue weighted by Gasteiger charge is 2.20. The van der Waals surface area contributed by atoms with E-state index in [1.54, 1.807) is 0 Å². The lowest BCUT2D eigenvalue weighted by Gasteiger charge is -2.12. The molecular formula is C11H23N3O2. The molecule has 1 aliphatic heterocycles. The molecule has 0 saturated carbocycles. The molecule has 0 aromatic heterocycles. The first-order valence-electron chi connectivity index (χ1n) is 5.93. The first-order chi connectivity index (χ1) is 7.70. The average Bonchev–Trinajstić information content (AvgIpc) is 2.75. The van der Waals surface area contributed by atoms with Crippen LogP contribution in [0.1, 0.15) is 12.8 Å². The quantitative estimate of drug-likeness (QED) is 0.574. The summed E-state index contributed by atoms with van der Waals surface area (Å²) in [5, 5.41) is 6.04. The molecule has 0 aliphatic carbocycles. The molecule has 1 amide bonds. The van der Waals surface area contributed by atoms with Crippen molar-refractivity contribution in [2.75, 3.05) is 46.9 Å². The summed E-state index contributed by atoms with van der Waals surface area (Å²) in [5.41, 5.74) is 0. The number of carbonyl (C=O) groups excluding carboxylic acids is 1. The van der Waals surface area contributed by atoms with Crippen LogP contribution in [0, 0.1) is 0 Å². The van der Waals surface area contributed by atoms with Crippen LogP contribution < -0.4 is 10.6 Å². The topological polar surface area (TPSA) is 53.6 Å². The van der Waals surface area contributed by atoms with E-state index in [1.807, 2.05) is 14.1 Å². The van der Waals surface area contributed by atoms with E-state index in [-0.39, 0.29) is 11.9 Å². The van der Waals surface area contributed by atoms with Crippen molar-refractivity contribution < 1.29 is 9.53 Å². The second-order valence-corrected chi connectivity index (χ2v) is 4.36. The maximum absolute atomic E-state index is 11.5. The number of amides is 1. The SMILES string of the molecule is CN(C)CCOCCNC(=O)[C@H]1CCCN1. The first-order valence-corrected chi connectivity index (χ1v) is 5.93. The normalized spacial score (nSPS) is 20.3. The molecule has 1 heterocycles. The Kier molecular flexibility index (Phi) is 6.37. The highest BCUT2D eigenvalue weighted by atomic mass is 16.5. The maximum atomic E-state index is 11.5. The van der Waals surface area contributed by atoms with E-state index in [2.05, 4.69) is 15.5 Å². The van der Waals surface area contributed by atoms with E-state index in [9.17, 15) is 4.79 Å². The molecule has 1 fully saturated rings. The van der Waals surface area contributed by atoms with Gasteiger partial charge in [-0.15, -0.1) is 0 Å². The Balaban J connectivity index is 1.92. The molecule has 0 aromatic carbocycles. The number of hydrogen-bond acceptors (Lipinski definition) is 4. The van der Waals surface area contributed by atoms with Gasteiger partial charge >= 0.3 is 0 Å². The third-order valence-electron chi connectivity index (χ3n) is 2.61. The Labute approximate surface area is 97.5 Å². The minimum atomic E-state index is 0.0155. The Morgan fingerprint density at radius 3 is 2.94 bits per heavy atom. The molecule has 5 heteroatoms. The Bertz CT molecular complexity index is 203. The summed E-state index contributed by atoms with van der Waals surface area (Å²) in [7, 11) is 4.02. The number of ether oxygens (including phenoxy) is 1. The van der Waals surface area contributed by atoms with Gasteiger partial charge in [0.25, 0.3) is 0 Å². The minimum absolute atomic E-state index is 0.0155. The van der Waals surface area contributed by atoms with Crippen molar-refractivity contribution in [3.05, 3.63) is 0 Å². The Hall–Kier alpha value is -0.650. The molecule has 1 saturated heterocycles. The largest absolute Gasteiger partial charge is 0.378 e. The molecule has 1 atom stereocenters. The van der Waals surface area contributed by atoms with Crippen LogP contribution in [0.15, 0.2) is 0 Å². The zero-order valence-corrected chi connectivity index (χ0v) is 10.3. The fourth-order valence-corrected chi connectivity index (χ4v) is 1.63. The van der Waals surface area contributed by atoms with Crippen LogP contribution in [0.2, 0.25) is 0 Å². The van der Waals surface area contributed by atoms with Gasteiger partial charge in [0.2, 0.25) is 5.91 Å². The van der Waals surface area contributed by atoms with Gasteiger partial charge in [-0.1, -0.05) is 0 Å².